The van der Waals surface area contributed by atoms with E-state index < -0.39 is 0 Å². The molecule has 25 heavy (non-hydrogen) atoms. The van der Waals surface area contributed by atoms with Crippen molar-refractivity contribution in [2.75, 3.05) is 38.3 Å². The summed E-state index contributed by atoms with van der Waals surface area (Å²) in [5.41, 5.74) is 1.89. The SMILES string of the molecule is COc1ccc2nc(SCc3nccc(N4CCOCC4)n3)[nH]c2c1. The molecule has 1 fully saturated rings. The van der Waals surface area contributed by atoms with Gasteiger partial charge in [0.05, 0.1) is 37.1 Å². The third-order valence-corrected chi connectivity index (χ3v) is 4.90. The van der Waals surface area contributed by atoms with E-state index in [0.717, 1.165) is 59.9 Å². The van der Waals surface area contributed by atoms with E-state index in [9.17, 15) is 0 Å². The Morgan fingerprint density at radius 1 is 1.24 bits per heavy atom. The van der Waals surface area contributed by atoms with Gasteiger partial charge in [0.2, 0.25) is 0 Å². The van der Waals surface area contributed by atoms with Gasteiger partial charge in [-0.2, -0.15) is 0 Å². The first kappa shape index (κ1) is 16.2. The molecule has 0 radical (unpaired) electrons. The molecule has 0 amide bonds. The van der Waals surface area contributed by atoms with Crippen LogP contribution in [0.2, 0.25) is 0 Å². The molecule has 7 nitrogen and oxygen atoms in total. The second-order valence-corrected chi connectivity index (χ2v) is 6.61. The highest BCUT2D eigenvalue weighted by Gasteiger charge is 2.13. The van der Waals surface area contributed by atoms with Crippen molar-refractivity contribution in [2.45, 2.75) is 10.9 Å². The van der Waals surface area contributed by atoms with Gasteiger partial charge in [-0.15, -0.1) is 0 Å². The van der Waals surface area contributed by atoms with E-state index in [1.54, 1.807) is 18.9 Å². The predicted molar refractivity (Wildman–Crippen MR) is 97.3 cm³/mol. The average Bonchev–Trinajstić information content (AvgIpc) is 3.09. The lowest BCUT2D eigenvalue weighted by molar-refractivity contribution is 0.122. The van der Waals surface area contributed by atoms with E-state index in [4.69, 9.17) is 9.47 Å². The van der Waals surface area contributed by atoms with Gasteiger partial charge >= 0.3 is 0 Å². The number of hydrogen-bond donors (Lipinski definition) is 1. The van der Waals surface area contributed by atoms with Crippen LogP contribution in [0.15, 0.2) is 35.6 Å². The Morgan fingerprint density at radius 2 is 2.12 bits per heavy atom. The van der Waals surface area contributed by atoms with Crippen molar-refractivity contribution in [3.63, 3.8) is 0 Å². The summed E-state index contributed by atoms with van der Waals surface area (Å²) >= 11 is 1.59. The second kappa shape index (κ2) is 7.28. The van der Waals surface area contributed by atoms with Crippen molar-refractivity contribution in [1.29, 1.82) is 0 Å². The first-order valence-corrected chi connectivity index (χ1v) is 9.11. The van der Waals surface area contributed by atoms with E-state index in [2.05, 4.69) is 24.8 Å². The molecule has 0 atom stereocenters. The highest BCUT2D eigenvalue weighted by atomic mass is 32.2. The smallest absolute Gasteiger partial charge is 0.166 e. The number of H-pyrrole nitrogens is 1. The summed E-state index contributed by atoms with van der Waals surface area (Å²) < 4.78 is 10.6. The van der Waals surface area contributed by atoms with Crippen molar-refractivity contribution < 1.29 is 9.47 Å². The minimum absolute atomic E-state index is 0.662. The van der Waals surface area contributed by atoms with Gasteiger partial charge in [-0.05, 0) is 18.2 Å². The normalized spacial score (nSPS) is 14.8. The number of aromatic nitrogens is 4. The highest BCUT2D eigenvalue weighted by molar-refractivity contribution is 7.98. The number of nitrogens with one attached hydrogen (secondary N) is 1. The van der Waals surface area contributed by atoms with Gasteiger partial charge in [0.15, 0.2) is 5.16 Å². The zero-order valence-corrected chi connectivity index (χ0v) is 14.8. The molecular weight excluding hydrogens is 338 g/mol. The van der Waals surface area contributed by atoms with E-state index in [0.29, 0.717) is 5.75 Å². The molecule has 3 aromatic rings. The van der Waals surface area contributed by atoms with Crippen LogP contribution < -0.4 is 9.64 Å². The van der Waals surface area contributed by atoms with Crippen molar-refractivity contribution in [3.8, 4) is 5.75 Å². The standard InChI is InChI=1S/C17H19N5O2S/c1-23-12-2-3-13-14(10-12)20-17(19-13)25-11-15-18-5-4-16(21-15)22-6-8-24-9-7-22/h2-5,10H,6-9,11H2,1H3,(H,19,20). The maximum atomic E-state index is 5.39. The van der Waals surface area contributed by atoms with Crippen LogP contribution in [0.4, 0.5) is 5.82 Å². The Bertz CT molecular complexity index is 863. The maximum absolute atomic E-state index is 5.39. The molecule has 0 spiro atoms. The summed E-state index contributed by atoms with van der Waals surface area (Å²) in [7, 11) is 1.66. The summed E-state index contributed by atoms with van der Waals surface area (Å²) in [4.78, 5) is 19.2. The summed E-state index contributed by atoms with van der Waals surface area (Å²) in [5, 5.41) is 0.851. The number of imidazole rings is 1. The highest BCUT2D eigenvalue weighted by Crippen LogP contribution is 2.25. The lowest BCUT2D eigenvalue weighted by Gasteiger charge is -2.27. The van der Waals surface area contributed by atoms with Gasteiger partial charge in [0.25, 0.3) is 0 Å². The molecule has 4 rings (SSSR count). The fourth-order valence-electron chi connectivity index (χ4n) is 2.72. The number of methoxy groups -OCH3 is 1. The summed E-state index contributed by atoms with van der Waals surface area (Å²) in [6, 6.07) is 7.76. The molecule has 1 aliphatic heterocycles. The van der Waals surface area contributed by atoms with Crippen LogP contribution in [0.1, 0.15) is 5.82 Å². The van der Waals surface area contributed by atoms with Crippen LogP contribution in [-0.2, 0) is 10.5 Å². The fraction of sp³-hybridized carbons (Fsp3) is 0.353. The third kappa shape index (κ3) is 3.69. The topological polar surface area (TPSA) is 76.2 Å². The van der Waals surface area contributed by atoms with Crippen LogP contribution in [-0.4, -0.2) is 53.3 Å². The summed E-state index contributed by atoms with van der Waals surface area (Å²) in [6.45, 7) is 3.23. The predicted octanol–water partition coefficient (Wildman–Crippen LogP) is 2.49. The minimum Gasteiger partial charge on any atom is -0.497 e. The molecule has 0 unspecified atom stereocenters. The van der Waals surface area contributed by atoms with E-state index >= 15 is 0 Å². The van der Waals surface area contributed by atoms with Gasteiger partial charge in [-0.25, -0.2) is 15.0 Å². The molecule has 2 aromatic heterocycles. The van der Waals surface area contributed by atoms with Gasteiger partial charge in [0, 0.05) is 25.4 Å². The van der Waals surface area contributed by atoms with Gasteiger partial charge in [-0.3, -0.25) is 0 Å². The molecule has 130 valence electrons. The molecule has 0 bridgehead atoms. The van der Waals surface area contributed by atoms with Gasteiger partial charge in [0.1, 0.15) is 17.4 Å². The van der Waals surface area contributed by atoms with Crippen LogP contribution in [0.3, 0.4) is 0 Å². The Kier molecular flexibility index (Phi) is 4.71. The lowest BCUT2D eigenvalue weighted by Crippen LogP contribution is -2.36. The minimum atomic E-state index is 0.662. The zero-order valence-electron chi connectivity index (χ0n) is 13.9. The Hall–Kier alpha value is -2.32. The number of rotatable bonds is 5. The fourth-order valence-corrected chi connectivity index (χ4v) is 3.47. The van der Waals surface area contributed by atoms with Gasteiger partial charge in [-0.1, -0.05) is 11.8 Å². The van der Waals surface area contributed by atoms with Crippen LogP contribution >= 0.6 is 11.8 Å². The molecule has 8 heteroatoms. The number of ether oxygens (including phenoxy) is 2. The average molecular weight is 357 g/mol. The number of benzene rings is 1. The Morgan fingerprint density at radius 3 is 2.96 bits per heavy atom. The van der Waals surface area contributed by atoms with Crippen molar-refractivity contribution in [3.05, 3.63) is 36.3 Å². The molecule has 0 aliphatic carbocycles. The zero-order chi connectivity index (χ0) is 17.1. The Balaban J connectivity index is 1.45. The first-order chi connectivity index (χ1) is 12.3. The number of hydrogen-bond acceptors (Lipinski definition) is 7. The number of thioether (sulfide) groups is 1. The molecule has 1 saturated heterocycles. The number of fused-ring (bicyclic) bond motifs is 1. The number of morpholine rings is 1. The first-order valence-electron chi connectivity index (χ1n) is 8.13. The number of aromatic amines is 1. The molecular formula is C17H19N5O2S. The van der Waals surface area contributed by atoms with Crippen LogP contribution in [0.25, 0.3) is 11.0 Å². The largest absolute Gasteiger partial charge is 0.497 e. The number of nitrogens with zero attached hydrogens (tertiary/aromatic N) is 4. The molecule has 1 aromatic carbocycles. The monoisotopic (exact) mass is 357 g/mol. The molecule has 1 N–H and O–H groups in total. The van der Waals surface area contributed by atoms with Crippen molar-refractivity contribution in [1.82, 2.24) is 19.9 Å². The van der Waals surface area contributed by atoms with Crippen molar-refractivity contribution >= 4 is 28.6 Å². The third-order valence-electron chi connectivity index (χ3n) is 4.03. The molecule has 0 saturated carbocycles. The van der Waals surface area contributed by atoms with E-state index in [-0.39, 0.29) is 0 Å². The second-order valence-electron chi connectivity index (χ2n) is 5.64. The quantitative estimate of drug-likeness (QED) is 0.703. The summed E-state index contributed by atoms with van der Waals surface area (Å²) in [6.07, 6.45) is 1.82. The number of anilines is 1. The molecule has 3 heterocycles. The van der Waals surface area contributed by atoms with Gasteiger partial charge < -0.3 is 19.4 Å². The summed E-state index contributed by atoms with van der Waals surface area (Å²) in [5.74, 6) is 3.24. The van der Waals surface area contributed by atoms with Crippen molar-refractivity contribution in [2.24, 2.45) is 0 Å². The van der Waals surface area contributed by atoms with Crippen LogP contribution in [0, 0.1) is 0 Å². The van der Waals surface area contributed by atoms with E-state index in [1.165, 1.54) is 0 Å². The van der Waals surface area contributed by atoms with Crippen LogP contribution in [0.5, 0.6) is 5.75 Å². The Labute approximate surface area is 149 Å². The molecule has 1 aliphatic rings. The maximum Gasteiger partial charge on any atom is 0.166 e. The lowest BCUT2D eigenvalue weighted by atomic mass is 10.3. The van der Waals surface area contributed by atoms with E-state index in [1.807, 2.05) is 30.5 Å².